The minimum Gasteiger partial charge on any atom is -0.385 e. The largest absolute Gasteiger partial charge is 0.459 e. The lowest BCUT2D eigenvalue weighted by Gasteiger charge is -2.34. The van der Waals surface area contributed by atoms with Gasteiger partial charge in [-0.3, -0.25) is 0 Å². The number of hydrogen-bond donors (Lipinski definition) is 1. The van der Waals surface area contributed by atoms with Gasteiger partial charge in [0.25, 0.3) is 0 Å². The van der Waals surface area contributed by atoms with Crippen molar-refractivity contribution in [3.63, 3.8) is 0 Å². The molecule has 0 heterocycles. The maximum Gasteiger partial charge on any atom is 0.459 e. The second kappa shape index (κ2) is 5.72. The van der Waals surface area contributed by atoms with Crippen molar-refractivity contribution in [3.05, 3.63) is 35.4 Å². The van der Waals surface area contributed by atoms with E-state index in [1.807, 2.05) is 0 Å². The highest BCUT2D eigenvalue weighted by molar-refractivity contribution is 5.32. The summed E-state index contributed by atoms with van der Waals surface area (Å²) in [6, 6.07) is 5.62. The Kier molecular flexibility index (Phi) is 4.87. The molecule has 0 spiro atoms. The van der Waals surface area contributed by atoms with Gasteiger partial charge < -0.3 is 5.11 Å². The standard InChI is InChI=1S/C14H15F7O/c1-3-9-6-4-5-7-10(9)11(2,22)8-12(15,16)13(17,18)14(19,20)21/h4-7,22H,3,8H2,1-2H3. The van der Waals surface area contributed by atoms with Crippen LogP contribution < -0.4 is 0 Å². The second-order valence-corrected chi connectivity index (χ2v) is 5.24. The Hall–Kier alpha value is -1.31. The molecule has 0 aliphatic carbocycles. The summed E-state index contributed by atoms with van der Waals surface area (Å²) in [6.45, 7) is 2.43. The molecule has 0 bridgehead atoms. The number of alkyl halides is 7. The van der Waals surface area contributed by atoms with E-state index in [1.165, 1.54) is 18.2 Å². The van der Waals surface area contributed by atoms with Crippen LogP contribution in [-0.2, 0) is 12.0 Å². The van der Waals surface area contributed by atoms with E-state index >= 15 is 0 Å². The summed E-state index contributed by atoms with van der Waals surface area (Å²) in [5.74, 6) is -11.7. The van der Waals surface area contributed by atoms with Crippen LogP contribution in [0.2, 0.25) is 0 Å². The van der Waals surface area contributed by atoms with Crippen molar-refractivity contribution in [2.45, 2.75) is 50.3 Å². The van der Waals surface area contributed by atoms with Crippen LogP contribution in [0.5, 0.6) is 0 Å². The molecule has 1 nitrogen and oxygen atoms in total. The highest BCUT2D eigenvalue weighted by Crippen LogP contribution is 2.51. The van der Waals surface area contributed by atoms with Crippen molar-refractivity contribution in [1.29, 1.82) is 0 Å². The lowest BCUT2D eigenvalue weighted by molar-refractivity contribution is -0.361. The van der Waals surface area contributed by atoms with Gasteiger partial charge in [-0.05, 0) is 24.5 Å². The summed E-state index contributed by atoms with van der Waals surface area (Å²) < 4.78 is 89.3. The average molecular weight is 332 g/mol. The number of halogens is 7. The third-order valence-electron chi connectivity index (χ3n) is 3.36. The van der Waals surface area contributed by atoms with Crippen LogP contribution in [0.15, 0.2) is 24.3 Å². The molecular formula is C14H15F7O. The van der Waals surface area contributed by atoms with Crippen LogP contribution in [0.3, 0.4) is 0 Å². The van der Waals surface area contributed by atoms with E-state index in [9.17, 15) is 35.8 Å². The van der Waals surface area contributed by atoms with Gasteiger partial charge >= 0.3 is 18.0 Å². The first-order valence-corrected chi connectivity index (χ1v) is 6.39. The average Bonchev–Trinajstić information content (AvgIpc) is 2.36. The molecule has 0 saturated carbocycles. The van der Waals surface area contributed by atoms with Gasteiger partial charge in [0.05, 0.1) is 12.0 Å². The first-order chi connectivity index (χ1) is 9.76. The number of rotatable bonds is 5. The van der Waals surface area contributed by atoms with Crippen LogP contribution in [0.4, 0.5) is 30.7 Å². The minimum absolute atomic E-state index is 0.102. The van der Waals surface area contributed by atoms with Crippen molar-refractivity contribution >= 4 is 0 Å². The van der Waals surface area contributed by atoms with Gasteiger partial charge in [-0.15, -0.1) is 0 Å². The van der Waals surface area contributed by atoms with Crippen LogP contribution >= 0.6 is 0 Å². The zero-order valence-corrected chi connectivity index (χ0v) is 11.8. The lowest BCUT2D eigenvalue weighted by Crippen LogP contribution is -2.54. The van der Waals surface area contributed by atoms with Crippen molar-refractivity contribution in [2.75, 3.05) is 0 Å². The first-order valence-electron chi connectivity index (χ1n) is 6.39. The Labute approximate surface area is 122 Å². The zero-order chi connectivity index (χ0) is 17.4. The first kappa shape index (κ1) is 18.7. The fraction of sp³-hybridized carbons (Fsp3) is 0.571. The molecule has 0 saturated heterocycles. The summed E-state index contributed by atoms with van der Waals surface area (Å²) in [5.41, 5.74) is -2.25. The molecule has 1 unspecified atom stereocenters. The lowest BCUT2D eigenvalue weighted by atomic mass is 9.84. The monoisotopic (exact) mass is 332 g/mol. The molecule has 22 heavy (non-hydrogen) atoms. The molecule has 1 rings (SSSR count). The Balaban J connectivity index is 3.20. The van der Waals surface area contributed by atoms with E-state index < -0.39 is 30.0 Å². The zero-order valence-electron chi connectivity index (χ0n) is 11.8. The van der Waals surface area contributed by atoms with Crippen molar-refractivity contribution < 1.29 is 35.8 Å². The van der Waals surface area contributed by atoms with Gasteiger partial charge in [0.1, 0.15) is 0 Å². The minimum atomic E-state index is -6.41. The van der Waals surface area contributed by atoms with Gasteiger partial charge in [0.2, 0.25) is 0 Å². The molecule has 0 fully saturated rings. The van der Waals surface area contributed by atoms with E-state index in [2.05, 4.69) is 0 Å². The molecule has 0 aliphatic rings. The van der Waals surface area contributed by atoms with Gasteiger partial charge in [-0.1, -0.05) is 31.2 Å². The summed E-state index contributed by atoms with van der Waals surface area (Å²) in [6.07, 6.45) is -8.16. The molecule has 126 valence electrons. The SMILES string of the molecule is CCc1ccccc1C(C)(O)CC(F)(F)C(F)(F)C(F)(F)F. The van der Waals surface area contributed by atoms with E-state index in [4.69, 9.17) is 0 Å². The quantitative estimate of drug-likeness (QED) is 0.776. The van der Waals surface area contributed by atoms with Crippen molar-refractivity contribution in [3.8, 4) is 0 Å². The Morgan fingerprint density at radius 3 is 1.91 bits per heavy atom. The summed E-state index contributed by atoms with van der Waals surface area (Å²) in [5, 5.41) is 10.1. The fourth-order valence-corrected chi connectivity index (χ4v) is 2.20. The molecule has 8 heteroatoms. The highest BCUT2D eigenvalue weighted by atomic mass is 19.4. The van der Waals surface area contributed by atoms with Gasteiger partial charge in [0.15, 0.2) is 0 Å². The van der Waals surface area contributed by atoms with Crippen LogP contribution in [0.1, 0.15) is 31.4 Å². The van der Waals surface area contributed by atoms with E-state index in [0.29, 0.717) is 12.0 Å². The predicted octanol–water partition coefficient (Wildman–Crippen LogP) is 4.68. The highest BCUT2D eigenvalue weighted by Gasteiger charge is 2.73. The van der Waals surface area contributed by atoms with E-state index in [1.54, 1.807) is 13.0 Å². The van der Waals surface area contributed by atoms with E-state index in [-0.39, 0.29) is 5.56 Å². The topological polar surface area (TPSA) is 20.2 Å². The maximum absolute atomic E-state index is 13.5. The summed E-state index contributed by atoms with van der Waals surface area (Å²) in [7, 11) is 0. The molecule has 1 aromatic rings. The summed E-state index contributed by atoms with van der Waals surface area (Å²) in [4.78, 5) is 0. The Bertz CT molecular complexity index is 520. The van der Waals surface area contributed by atoms with Crippen LogP contribution in [0, 0.1) is 0 Å². The van der Waals surface area contributed by atoms with Crippen molar-refractivity contribution in [2.24, 2.45) is 0 Å². The molecule has 1 N–H and O–H groups in total. The molecule has 1 atom stereocenters. The third kappa shape index (κ3) is 3.37. The van der Waals surface area contributed by atoms with Crippen molar-refractivity contribution in [1.82, 2.24) is 0 Å². The number of hydrogen-bond acceptors (Lipinski definition) is 1. The number of aliphatic hydroxyl groups is 1. The molecule has 0 radical (unpaired) electrons. The molecule has 0 amide bonds. The van der Waals surface area contributed by atoms with Gasteiger partial charge in [-0.25, -0.2) is 0 Å². The molecular weight excluding hydrogens is 317 g/mol. The predicted molar refractivity (Wildman–Crippen MR) is 66.0 cm³/mol. The molecule has 0 aliphatic heterocycles. The Morgan fingerprint density at radius 2 is 1.45 bits per heavy atom. The maximum atomic E-state index is 13.5. The second-order valence-electron chi connectivity index (χ2n) is 5.24. The van der Waals surface area contributed by atoms with Crippen LogP contribution in [-0.4, -0.2) is 23.1 Å². The van der Waals surface area contributed by atoms with E-state index in [0.717, 1.165) is 6.92 Å². The normalized spacial score (nSPS) is 16.5. The van der Waals surface area contributed by atoms with Crippen LogP contribution in [0.25, 0.3) is 0 Å². The molecule has 1 aromatic carbocycles. The smallest absolute Gasteiger partial charge is 0.385 e. The Morgan fingerprint density at radius 1 is 0.955 bits per heavy atom. The fourth-order valence-electron chi connectivity index (χ4n) is 2.20. The summed E-state index contributed by atoms with van der Waals surface area (Å²) >= 11 is 0. The van der Waals surface area contributed by atoms with Gasteiger partial charge in [0, 0.05) is 0 Å². The number of benzene rings is 1. The van der Waals surface area contributed by atoms with Gasteiger partial charge in [-0.2, -0.15) is 30.7 Å². The third-order valence-corrected chi connectivity index (χ3v) is 3.36. The molecule has 0 aromatic heterocycles. The number of aryl methyl sites for hydroxylation is 1.